The normalized spacial score (nSPS) is 37.6. The van der Waals surface area contributed by atoms with Crippen molar-refractivity contribution in [1.82, 2.24) is 4.90 Å². The van der Waals surface area contributed by atoms with Gasteiger partial charge in [0.25, 0.3) is 0 Å². The second kappa shape index (κ2) is 4.70. The molecule has 2 N–H and O–H groups in total. The van der Waals surface area contributed by atoms with Crippen molar-refractivity contribution in [1.29, 1.82) is 0 Å². The second-order valence-electron chi connectivity index (χ2n) is 4.15. The number of thioether (sulfide) groups is 2. The van der Waals surface area contributed by atoms with Gasteiger partial charge in [-0.3, -0.25) is 4.79 Å². The Labute approximate surface area is 108 Å². The Morgan fingerprint density at radius 1 is 1.65 bits per heavy atom. The fourth-order valence-electron chi connectivity index (χ4n) is 2.27. The maximum atomic E-state index is 11.8. The summed E-state index contributed by atoms with van der Waals surface area (Å²) in [4.78, 5) is 24.5. The maximum absolute atomic E-state index is 11.8. The monoisotopic (exact) mass is 277 g/mol. The number of aliphatic hydroxyl groups excluding tert-OH is 1. The summed E-state index contributed by atoms with van der Waals surface area (Å²) in [7, 11) is 0. The highest BCUT2D eigenvalue weighted by Crippen LogP contribution is 2.51. The lowest BCUT2D eigenvalue weighted by Crippen LogP contribution is -2.64. The van der Waals surface area contributed by atoms with Gasteiger partial charge in [0, 0.05) is 0 Å². The molecule has 96 valence electrons. The van der Waals surface area contributed by atoms with E-state index in [9.17, 15) is 19.8 Å². The minimum Gasteiger partial charge on any atom is -0.480 e. The topological polar surface area (TPSA) is 77.8 Å². The van der Waals surface area contributed by atoms with Crippen LogP contribution in [0.3, 0.4) is 0 Å². The SMILES string of the molecule is CCS[C@@H]1S[C@@H]2[C@H](C(C)O)C(=O)N2[C@@H]1C(=O)O. The number of β-lactam (4-membered cyclic amide) rings is 1. The lowest BCUT2D eigenvalue weighted by atomic mass is 9.91. The molecule has 2 aliphatic heterocycles. The van der Waals surface area contributed by atoms with Crippen molar-refractivity contribution in [3.63, 3.8) is 0 Å². The Morgan fingerprint density at radius 3 is 2.76 bits per heavy atom. The summed E-state index contributed by atoms with van der Waals surface area (Å²) in [6.07, 6.45) is -0.712. The summed E-state index contributed by atoms with van der Waals surface area (Å²) in [5, 5.41) is 18.5. The minimum atomic E-state index is -0.955. The Kier molecular flexibility index (Phi) is 3.61. The molecule has 0 aromatic heterocycles. The summed E-state index contributed by atoms with van der Waals surface area (Å²) < 4.78 is -0.129. The number of aliphatic hydroxyl groups is 1. The minimum absolute atomic E-state index is 0.129. The first-order valence-electron chi connectivity index (χ1n) is 5.49. The van der Waals surface area contributed by atoms with Crippen LogP contribution in [0, 0.1) is 5.92 Å². The standard InChI is InChI=1S/C10H15NO4S2/c1-3-16-10-6(9(14)15)11-7(13)5(4(2)12)8(11)17-10/h4-6,8,10,12H,3H2,1-2H3,(H,14,15)/t4?,5-,6-,8-,10-/m1/s1. The zero-order chi connectivity index (χ0) is 12.7. The van der Waals surface area contributed by atoms with Crippen LogP contribution in [0.4, 0.5) is 0 Å². The second-order valence-corrected chi connectivity index (χ2v) is 7.13. The molecule has 2 fully saturated rings. The Bertz CT molecular complexity index is 349. The average molecular weight is 277 g/mol. The van der Waals surface area contributed by atoms with E-state index in [-0.39, 0.29) is 15.9 Å². The van der Waals surface area contributed by atoms with Crippen molar-refractivity contribution in [2.24, 2.45) is 5.92 Å². The molecule has 1 amide bonds. The predicted octanol–water partition coefficient (Wildman–Crippen LogP) is 0.431. The molecule has 0 aromatic rings. The zero-order valence-corrected chi connectivity index (χ0v) is 11.2. The van der Waals surface area contributed by atoms with Crippen LogP contribution in [-0.2, 0) is 9.59 Å². The summed E-state index contributed by atoms with van der Waals surface area (Å²) in [6.45, 7) is 3.55. The molecule has 0 aromatic carbocycles. The van der Waals surface area contributed by atoms with Crippen LogP contribution in [-0.4, -0.2) is 54.8 Å². The van der Waals surface area contributed by atoms with E-state index in [0.717, 1.165) is 5.75 Å². The number of carboxylic acid groups (broad SMARTS) is 1. The van der Waals surface area contributed by atoms with Crippen LogP contribution >= 0.6 is 23.5 Å². The van der Waals surface area contributed by atoms with Crippen molar-refractivity contribution in [3.8, 4) is 0 Å². The predicted molar refractivity (Wildman–Crippen MR) is 66.7 cm³/mol. The number of rotatable bonds is 4. The molecule has 2 aliphatic rings. The molecule has 2 rings (SSSR count). The molecule has 2 heterocycles. The van der Waals surface area contributed by atoms with Gasteiger partial charge in [-0.25, -0.2) is 4.79 Å². The van der Waals surface area contributed by atoms with Gasteiger partial charge in [0.05, 0.1) is 22.0 Å². The van der Waals surface area contributed by atoms with Crippen molar-refractivity contribution < 1.29 is 19.8 Å². The number of aliphatic carboxylic acids is 1. The number of hydrogen-bond acceptors (Lipinski definition) is 5. The molecular formula is C10H15NO4S2. The molecule has 17 heavy (non-hydrogen) atoms. The van der Waals surface area contributed by atoms with Gasteiger partial charge in [0.15, 0.2) is 6.04 Å². The van der Waals surface area contributed by atoms with Crippen LogP contribution in [0.1, 0.15) is 13.8 Å². The molecule has 0 saturated carbocycles. The first-order valence-corrected chi connectivity index (χ1v) is 7.48. The molecule has 7 heteroatoms. The van der Waals surface area contributed by atoms with Gasteiger partial charge in [0.1, 0.15) is 0 Å². The molecular weight excluding hydrogens is 262 g/mol. The third kappa shape index (κ3) is 1.94. The Morgan fingerprint density at radius 2 is 2.29 bits per heavy atom. The Hall–Kier alpha value is -0.400. The fourth-order valence-corrected chi connectivity index (χ4v) is 5.65. The summed E-state index contributed by atoms with van der Waals surface area (Å²) in [5.74, 6) is -0.813. The molecule has 0 aliphatic carbocycles. The number of carboxylic acids is 1. The van der Waals surface area contributed by atoms with Gasteiger partial charge in [-0.2, -0.15) is 0 Å². The summed E-state index contributed by atoms with van der Waals surface area (Å²) in [6, 6.07) is -0.752. The van der Waals surface area contributed by atoms with Gasteiger partial charge in [-0.15, -0.1) is 23.5 Å². The van der Waals surface area contributed by atoms with Gasteiger partial charge in [-0.1, -0.05) is 6.92 Å². The third-order valence-electron chi connectivity index (χ3n) is 3.06. The van der Waals surface area contributed by atoms with E-state index < -0.39 is 24.0 Å². The van der Waals surface area contributed by atoms with Gasteiger partial charge in [0.2, 0.25) is 5.91 Å². The molecule has 5 atom stereocenters. The highest BCUT2D eigenvalue weighted by Gasteiger charge is 2.61. The smallest absolute Gasteiger partial charge is 0.328 e. The fraction of sp³-hybridized carbons (Fsp3) is 0.800. The summed E-state index contributed by atoms with van der Waals surface area (Å²) >= 11 is 3.03. The lowest BCUT2D eigenvalue weighted by molar-refractivity contribution is -0.166. The van der Waals surface area contributed by atoms with E-state index >= 15 is 0 Å². The number of carbonyl (C=O) groups excluding carboxylic acids is 1. The first-order chi connectivity index (χ1) is 7.99. The van der Waals surface area contributed by atoms with Crippen molar-refractivity contribution in [2.75, 3.05) is 5.75 Å². The van der Waals surface area contributed by atoms with Gasteiger partial charge < -0.3 is 15.1 Å². The molecule has 5 nitrogen and oxygen atoms in total. The van der Waals surface area contributed by atoms with E-state index in [1.807, 2.05) is 6.92 Å². The van der Waals surface area contributed by atoms with E-state index in [4.69, 9.17) is 0 Å². The van der Waals surface area contributed by atoms with Crippen LogP contribution in [0.2, 0.25) is 0 Å². The average Bonchev–Trinajstić information content (AvgIpc) is 2.53. The first kappa shape index (κ1) is 13.0. The zero-order valence-electron chi connectivity index (χ0n) is 9.57. The maximum Gasteiger partial charge on any atom is 0.328 e. The number of fused-ring (bicyclic) bond motifs is 1. The van der Waals surface area contributed by atoms with Crippen LogP contribution in [0.5, 0.6) is 0 Å². The van der Waals surface area contributed by atoms with E-state index in [0.29, 0.717) is 0 Å². The van der Waals surface area contributed by atoms with Gasteiger partial charge in [-0.05, 0) is 12.7 Å². The van der Waals surface area contributed by atoms with E-state index in [1.165, 1.54) is 16.7 Å². The molecule has 0 bridgehead atoms. The van der Waals surface area contributed by atoms with Crippen LogP contribution < -0.4 is 0 Å². The molecule has 0 radical (unpaired) electrons. The van der Waals surface area contributed by atoms with E-state index in [1.54, 1.807) is 18.7 Å². The van der Waals surface area contributed by atoms with Crippen molar-refractivity contribution in [2.45, 2.75) is 35.9 Å². The van der Waals surface area contributed by atoms with Crippen molar-refractivity contribution in [3.05, 3.63) is 0 Å². The highest BCUT2D eigenvalue weighted by atomic mass is 32.2. The van der Waals surface area contributed by atoms with Gasteiger partial charge >= 0.3 is 5.97 Å². The largest absolute Gasteiger partial charge is 0.480 e. The van der Waals surface area contributed by atoms with Crippen molar-refractivity contribution >= 4 is 35.4 Å². The number of nitrogens with zero attached hydrogens (tertiary/aromatic N) is 1. The molecule has 1 unspecified atom stereocenters. The highest BCUT2D eigenvalue weighted by molar-refractivity contribution is 8.17. The van der Waals surface area contributed by atoms with E-state index in [2.05, 4.69) is 0 Å². The lowest BCUT2D eigenvalue weighted by Gasteiger charge is -2.44. The number of hydrogen-bond donors (Lipinski definition) is 2. The number of amides is 1. The quantitative estimate of drug-likeness (QED) is 0.726. The number of carbonyl (C=O) groups is 2. The van der Waals surface area contributed by atoms with Crippen LogP contribution in [0.15, 0.2) is 0 Å². The Balaban J connectivity index is 2.18. The molecule has 2 saturated heterocycles. The van der Waals surface area contributed by atoms with Crippen LogP contribution in [0.25, 0.3) is 0 Å². The third-order valence-corrected chi connectivity index (χ3v) is 6.04. The summed E-state index contributed by atoms with van der Waals surface area (Å²) in [5.41, 5.74) is 0. The molecule has 0 spiro atoms.